The Balaban J connectivity index is 2.12. The van der Waals surface area contributed by atoms with Gasteiger partial charge in [-0.1, -0.05) is 0 Å². The minimum atomic E-state index is 0.581. The third-order valence-corrected chi connectivity index (χ3v) is 4.05. The van der Waals surface area contributed by atoms with Crippen molar-refractivity contribution in [3.63, 3.8) is 0 Å². The van der Waals surface area contributed by atoms with Crippen molar-refractivity contribution in [2.24, 2.45) is 0 Å². The van der Waals surface area contributed by atoms with Crippen molar-refractivity contribution in [2.45, 2.75) is 25.9 Å². The molecule has 0 radical (unpaired) electrons. The first-order valence-electron chi connectivity index (χ1n) is 5.27. The predicted octanol–water partition coefficient (Wildman–Crippen LogP) is 1.25. The molecule has 2 rings (SSSR count). The average Bonchev–Trinajstić information content (AvgIpc) is 2.60. The zero-order valence-electron chi connectivity index (χ0n) is 9.47. The highest BCUT2D eigenvalue weighted by Crippen LogP contribution is 2.26. The number of anilines is 2. The maximum Gasteiger partial charge on any atom is 0.139 e. The molecule has 1 aromatic heterocycles. The first-order valence-corrected chi connectivity index (χ1v) is 6.04. The van der Waals surface area contributed by atoms with Gasteiger partial charge in [0, 0.05) is 31.2 Å². The van der Waals surface area contributed by atoms with Crippen LogP contribution in [0.3, 0.4) is 0 Å². The molecule has 1 aliphatic heterocycles. The summed E-state index contributed by atoms with van der Waals surface area (Å²) in [6, 6.07) is 3.13. The van der Waals surface area contributed by atoms with Crippen LogP contribution in [0.2, 0.25) is 0 Å². The Morgan fingerprint density at radius 1 is 1.40 bits per heavy atom. The maximum absolute atomic E-state index is 5.64. The van der Waals surface area contributed by atoms with Gasteiger partial charge in [-0.15, -0.1) is 0 Å². The minimum absolute atomic E-state index is 0.581. The molecule has 2 N–H and O–H groups in total. The van der Waals surface area contributed by atoms with Crippen molar-refractivity contribution in [3.8, 4) is 0 Å². The van der Waals surface area contributed by atoms with Crippen molar-refractivity contribution in [1.82, 2.24) is 9.27 Å². The number of hydrogen-bond donors (Lipinski definition) is 1. The van der Waals surface area contributed by atoms with Crippen molar-refractivity contribution >= 4 is 22.4 Å². The van der Waals surface area contributed by atoms with E-state index in [-0.39, 0.29) is 0 Å². The Morgan fingerprint density at radius 3 is 2.47 bits per heavy atom. The largest absolute Gasteiger partial charge is 0.383 e. The van der Waals surface area contributed by atoms with Crippen LogP contribution in [0.4, 0.5) is 10.8 Å². The zero-order chi connectivity index (χ0) is 11.0. The molecule has 0 spiro atoms. The number of hydrogen-bond acceptors (Lipinski definition) is 5. The van der Waals surface area contributed by atoms with Crippen LogP contribution in [0.25, 0.3) is 0 Å². The topological polar surface area (TPSA) is 45.4 Å². The van der Waals surface area contributed by atoms with Gasteiger partial charge in [-0.05, 0) is 32.4 Å². The van der Waals surface area contributed by atoms with Gasteiger partial charge in [0.1, 0.15) is 10.8 Å². The van der Waals surface area contributed by atoms with E-state index in [4.69, 9.17) is 5.73 Å². The van der Waals surface area contributed by atoms with E-state index >= 15 is 0 Å². The second kappa shape index (κ2) is 3.98. The molecular weight excluding hydrogens is 208 g/mol. The lowest BCUT2D eigenvalue weighted by Crippen LogP contribution is -2.54. The van der Waals surface area contributed by atoms with Gasteiger partial charge in [0.05, 0.1) is 0 Å². The standard InChI is InChI=1S/C10H18N4S/c1-7-5-14(6-8(2)13(7)3)10-4-9(11)12-15-10/h4,7-8H,5-6H2,1-3H3,(H2,11,12). The number of nitrogens with zero attached hydrogens (tertiary/aromatic N) is 3. The molecule has 0 aromatic carbocycles. The molecule has 1 saturated heterocycles. The van der Waals surface area contributed by atoms with E-state index in [1.54, 1.807) is 0 Å². The number of likely N-dealkylation sites (N-methyl/N-ethyl adjacent to an activating group) is 1. The van der Waals surface area contributed by atoms with Gasteiger partial charge in [-0.2, -0.15) is 4.37 Å². The van der Waals surface area contributed by atoms with Crippen molar-refractivity contribution < 1.29 is 0 Å². The summed E-state index contributed by atoms with van der Waals surface area (Å²) in [4.78, 5) is 4.80. The molecule has 2 atom stereocenters. The van der Waals surface area contributed by atoms with Gasteiger partial charge >= 0.3 is 0 Å². The summed E-state index contributed by atoms with van der Waals surface area (Å²) in [6.07, 6.45) is 0. The molecule has 4 nitrogen and oxygen atoms in total. The molecule has 15 heavy (non-hydrogen) atoms. The van der Waals surface area contributed by atoms with Crippen LogP contribution in [-0.2, 0) is 0 Å². The summed E-state index contributed by atoms with van der Waals surface area (Å²) in [6.45, 7) is 6.63. The molecule has 2 heterocycles. The lowest BCUT2D eigenvalue weighted by Gasteiger charge is -2.42. The third kappa shape index (κ3) is 2.08. The van der Waals surface area contributed by atoms with E-state index in [0.717, 1.165) is 13.1 Å². The summed E-state index contributed by atoms with van der Waals surface area (Å²) in [5.74, 6) is 0.634. The molecule has 0 saturated carbocycles. The number of aromatic nitrogens is 1. The second-order valence-electron chi connectivity index (χ2n) is 4.36. The lowest BCUT2D eigenvalue weighted by atomic mass is 10.1. The lowest BCUT2D eigenvalue weighted by molar-refractivity contribution is 0.170. The summed E-state index contributed by atoms with van der Waals surface area (Å²) >= 11 is 1.49. The third-order valence-electron chi connectivity index (χ3n) is 3.19. The first-order chi connectivity index (χ1) is 7.08. The van der Waals surface area contributed by atoms with Crippen LogP contribution in [0.5, 0.6) is 0 Å². The van der Waals surface area contributed by atoms with Gasteiger partial charge in [-0.25, -0.2) is 0 Å². The van der Waals surface area contributed by atoms with Crippen molar-refractivity contribution in [3.05, 3.63) is 6.07 Å². The van der Waals surface area contributed by atoms with Crippen molar-refractivity contribution in [2.75, 3.05) is 30.8 Å². The highest BCUT2D eigenvalue weighted by atomic mass is 32.1. The Hall–Kier alpha value is -0.810. The molecular formula is C10H18N4S. The highest BCUT2D eigenvalue weighted by molar-refractivity contribution is 7.10. The average molecular weight is 226 g/mol. The highest BCUT2D eigenvalue weighted by Gasteiger charge is 2.27. The first kappa shape index (κ1) is 10.7. The van der Waals surface area contributed by atoms with E-state index in [1.807, 2.05) is 6.07 Å². The van der Waals surface area contributed by atoms with Gasteiger partial charge in [-0.3, -0.25) is 4.90 Å². The van der Waals surface area contributed by atoms with E-state index in [9.17, 15) is 0 Å². The summed E-state index contributed by atoms with van der Waals surface area (Å²) in [5, 5.41) is 1.19. The molecule has 5 heteroatoms. The summed E-state index contributed by atoms with van der Waals surface area (Å²) < 4.78 is 4.13. The molecule has 1 aromatic rings. The van der Waals surface area contributed by atoms with Crippen LogP contribution in [0.1, 0.15) is 13.8 Å². The van der Waals surface area contributed by atoms with E-state index < -0.39 is 0 Å². The normalized spacial score (nSPS) is 28.3. The molecule has 1 aliphatic rings. The van der Waals surface area contributed by atoms with E-state index in [1.165, 1.54) is 16.5 Å². The van der Waals surface area contributed by atoms with Gasteiger partial charge in [0.15, 0.2) is 0 Å². The molecule has 0 amide bonds. The van der Waals surface area contributed by atoms with E-state index in [0.29, 0.717) is 17.9 Å². The smallest absolute Gasteiger partial charge is 0.139 e. The monoisotopic (exact) mass is 226 g/mol. The van der Waals surface area contributed by atoms with Crippen LogP contribution < -0.4 is 10.6 Å². The summed E-state index contributed by atoms with van der Waals surface area (Å²) in [7, 11) is 2.19. The Morgan fingerprint density at radius 2 is 2.00 bits per heavy atom. The Labute approximate surface area is 94.8 Å². The maximum atomic E-state index is 5.64. The number of nitrogens with two attached hydrogens (primary N) is 1. The predicted molar refractivity (Wildman–Crippen MR) is 65.4 cm³/mol. The van der Waals surface area contributed by atoms with Crippen LogP contribution in [0, 0.1) is 0 Å². The molecule has 0 aliphatic carbocycles. The fraction of sp³-hybridized carbons (Fsp3) is 0.700. The fourth-order valence-corrected chi connectivity index (χ4v) is 2.70. The van der Waals surface area contributed by atoms with Gasteiger partial charge in [0.25, 0.3) is 0 Å². The van der Waals surface area contributed by atoms with Gasteiger partial charge in [0.2, 0.25) is 0 Å². The summed E-state index contributed by atoms with van der Waals surface area (Å²) in [5.41, 5.74) is 5.64. The molecule has 0 bridgehead atoms. The SMILES string of the molecule is CC1CN(c2cc(N)ns2)CC(C)N1C. The van der Waals surface area contributed by atoms with Crippen molar-refractivity contribution in [1.29, 1.82) is 0 Å². The minimum Gasteiger partial charge on any atom is -0.383 e. The number of rotatable bonds is 1. The zero-order valence-corrected chi connectivity index (χ0v) is 10.3. The fourth-order valence-electron chi connectivity index (χ4n) is 2.01. The van der Waals surface area contributed by atoms with Crippen LogP contribution in [-0.4, -0.2) is 41.5 Å². The molecule has 1 fully saturated rings. The molecule has 84 valence electrons. The van der Waals surface area contributed by atoms with Crippen LogP contribution >= 0.6 is 11.5 Å². The van der Waals surface area contributed by atoms with Crippen LogP contribution in [0.15, 0.2) is 6.07 Å². The number of nitrogen functional groups attached to an aromatic ring is 1. The number of piperazine rings is 1. The Kier molecular flexibility index (Phi) is 2.84. The van der Waals surface area contributed by atoms with Gasteiger partial charge < -0.3 is 10.6 Å². The Bertz CT molecular complexity index is 326. The molecule has 2 unspecified atom stereocenters. The second-order valence-corrected chi connectivity index (χ2v) is 5.14. The van der Waals surface area contributed by atoms with E-state index in [2.05, 4.69) is 35.1 Å². The quantitative estimate of drug-likeness (QED) is 0.783.